The highest BCUT2D eigenvalue weighted by Gasteiger charge is 2.04. The van der Waals surface area contributed by atoms with Gasteiger partial charge < -0.3 is 9.80 Å². The maximum atomic E-state index is 3.41. The number of rotatable bonds is 9. The normalized spacial score (nSPS) is 11.3. The summed E-state index contributed by atoms with van der Waals surface area (Å²) in [5.74, 6) is 0. The molecule has 0 spiro atoms. The lowest BCUT2D eigenvalue weighted by Crippen LogP contribution is -2.33. The molecule has 2 heterocycles. The van der Waals surface area contributed by atoms with Crippen LogP contribution in [0.4, 0.5) is 11.4 Å². The van der Waals surface area contributed by atoms with E-state index in [0.29, 0.717) is 0 Å². The Balaban J connectivity index is 1.27. The average Bonchev–Trinajstić information content (AvgIpc) is 2.89. The van der Waals surface area contributed by atoms with E-state index in [4.69, 9.17) is 0 Å². The van der Waals surface area contributed by atoms with Gasteiger partial charge in [-0.05, 0) is 5.56 Å². The smallest absolute Gasteiger partial charge is 0.173 e. The number of benzene rings is 2. The lowest BCUT2D eigenvalue weighted by molar-refractivity contribution is -0.688. The number of pyridine rings is 2. The molecule has 0 saturated heterocycles. The highest BCUT2D eigenvalue weighted by molar-refractivity contribution is 5.57. The predicted molar refractivity (Wildman–Crippen MR) is 150 cm³/mol. The number of hydrogen-bond acceptors (Lipinski definition) is 2. The summed E-state index contributed by atoms with van der Waals surface area (Å²) in [5.41, 5.74) is 7.19. The van der Waals surface area contributed by atoms with E-state index in [2.05, 4.69) is 163 Å². The van der Waals surface area contributed by atoms with Gasteiger partial charge in [0, 0.05) is 69.4 Å². The van der Waals surface area contributed by atoms with E-state index in [1.807, 2.05) is 6.07 Å². The van der Waals surface area contributed by atoms with E-state index in [1.54, 1.807) is 0 Å². The average molecular weight is 476 g/mol. The summed E-state index contributed by atoms with van der Waals surface area (Å²) in [7, 11) is 8.22. The molecule has 2 aromatic heterocycles. The third-order valence-corrected chi connectivity index (χ3v) is 6.07. The number of nitrogens with zero attached hydrogens (tertiary/aromatic N) is 4. The van der Waals surface area contributed by atoms with Crippen LogP contribution >= 0.6 is 0 Å². The van der Waals surface area contributed by atoms with Crippen molar-refractivity contribution in [3.05, 3.63) is 132 Å². The van der Waals surface area contributed by atoms with Crippen molar-refractivity contribution in [2.45, 2.75) is 13.1 Å². The van der Waals surface area contributed by atoms with E-state index in [1.165, 1.54) is 22.5 Å². The van der Waals surface area contributed by atoms with Gasteiger partial charge in [0.1, 0.15) is 0 Å². The third-order valence-electron chi connectivity index (χ3n) is 6.07. The number of aromatic nitrogens is 2. The van der Waals surface area contributed by atoms with Gasteiger partial charge in [-0.1, -0.05) is 48.1 Å². The summed E-state index contributed by atoms with van der Waals surface area (Å²) < 4.78 is 4.37. The first-order chi connectivity index (χ1) is 17.5. The van der Waals surface area contributed by atoms with Gasteiger partial charge in [-0.25, -0.2) is 9.13 Å². The van der Waals surface area contributed by atoms with Gasteiger partial charge in [0.2, 0.25) is 0 Å². The second kappa shape index (κ2) is 12.0. The van der Waals surface area contributed by atoms with Gasteiger partial charge in [-0.3, -0.25) is 0 Å². The standard InChI is InChI=1S/C32H35N4/c1-33(2)31-17-21-35(22-18-31)25-29-13-9-27(10-14-29)7-5-6-8-28-11-15-30(16-12-28)26-36-23-19-32(20-24-36)34(3)4/h5-15,17-24H,25-26H2,1-4H3/q+1/b7-5-,8-6-. The highest BCUT2D eigenvalue weighted by atomic mass is 15.1. The minimum Gasteiger partial charge on any atom is -0.377 e. The van der Waals surface area contributed by atoms with Crippen molar-refractivity contribution in [1.82, 2.24) is 0 Å². The van der Waals surface area contributed by atoms with Gasteiger partial charge in [0.15, 0.2) is 37.9 Å². The third kappa shape index (κ3) is 7.16. The molecule has 0 fully saturated rings. The van der Waals surface area contributed by atoms with Crippen LogP contribution in [0, 0.1) is 6.07 Å². The quantitative estimate of drug-likeness (QED) is 0.192. The Bertz CT molecular complexity index is 1180. The summed E-state index contributed by atoms with van der Waals surface area (Å²) in [4.78, 5) is 4.21. The first-order valence-corrected chi connectivity index (χ1v) is 12.2. The van der Waals surface area contributed by atoms with Gasteiger partial charge in [0.25, 0.3) is 0 Å². The molecule has 4 aromatic rings. The van der Waals surface area contributed by atoms with Crippen LogP contribution in [-0.2, 0) is 13.1 Å². The lowest BCUT2D eigenvalue weighted by Gasteiger charge is -2.11. The zero-order valence-corrected chi connectivity index (χ0v) is 21.7. The Kier molecular flexibility index (Phi) is 8.30. The lowest BCUT2D eigenvalue weighted by atomic mass is 10.1. The van der Waals surface area contributed by atoms with Crippen LogP contribution in [-0.4, -0.2) is 28.2 Å². The summed E-state index contributed by atoms with van der Waals surface area (Å²) in [6, 6.07) is 27.0. The van der Waals surface area contributed by atoms with Crippen molar-refractivity contribution in [2.75, 3.05) is 38.0 Å². The van der Waals surface area contributed by atoms with E-state index in [9.17, 15) is 0 Å². The van der Waals surface area contributed by atoms with E-state index in [0.717, 1.165) is 24.2 Å². The number of allylic oxidation sites excluding steroid dienone is 2. The summed E-state index contributed by atoms with van der Waals surface area (Å²) in [6.45, 7) is 1.68. The fraction of sp³-hybridized carbons (Fsp3) is 0.188. The fourth-order valence-electron chi connectivity index (χ4n) is 3.85. The van der Waals surface area contributed by atoms with Crippen LogP contribution < -0.4 is 18.9 Å². The second-order valence-corrected chi connectivity index (χ2v) is 9.35. The summed E-state index contributed by atoms with van der Waals surface area (Å²) in [6.07, 6.45) is 16.9. The Morgan fingerprint density at radius 2 is 1.11 bits per heavy atom. The van der Waals surface area contributed by atoms with Crippen LogP contribution in [0.3, 0.4) is 0 Å². The maximum absolute atomic E-state index is 3.41. The molecule has 0 aliphatic rings. The van der Waals surface area contributed by atoms with Crippen molar-refractivity contribution in [2.24, 2.45) is 0 Å². The first kappa shape index (κ1) is 24.9. The monoisotopic (exact) mass is 475 g/mol. The van der Waals surface area contributed by atoms with E-state index in [-0.39, 0.29) is 0 Å². The van der Waals surface area contributed by atoms with E-state index < -0.39 is 0 Å². The second-order valence-electron chi connectivity index (χ2n) is 9.35. The fourth-order valence-corrected chi connectivity index (χ4v) is 3.85. The predicted octanol–water partition coefficient (Wildman–Crippen LogP) is 5.02. The molecule has 0 radical (unpaired) electrons. The zero-order chi connectivity index (χ0) is 25.3. The number of hydrogen-bond donors (Lipinski definition) is 0. The minimum atomic E-state index is 0.813. The Morgan fingerprint density at radius 3 is 1.61 bits per heavy atom. The van der Waals surface area contributed by atoms with Crippen molar-refractivity contribution < 1.29 is 9.13 Å². The molecule has 4 nitrogen and oxygen atoms in total. The Labute approximate surface area is 215 Å². The molecular formula is C32H35N4+. The van der Waals surface area contributed by atoms with Crippen molar-refractivity contribution >= 4 is 23.5 Å². The van der Waals surface area contributed by atoms with Gasteiger partial charge >= 0.3 is 0 Å². The van der Waals surface area contributed by atoms with Crippen LogP contribution in [0.15, 0.2) is 104 Å². The highest BCUT2D eigenvalue weighted by Crippen LogP contribution is 2.11. The number of anilines is 2. The SMILES string of the molecule is CN(C)c1cc[n+](Cc2[c-]cc(/C=C\C=C/c3ccc(C[n+]4ccc(N(C)C)cc4)cc3)cc2)cc1. The molecule has 4 rings (SSSR count). The van der Waals surface area contributed by atoms with Crippen LogP contribution in [0.1, 0.15) is 22.3 Å². The molecule has 4 heteroatoms. The summed E-state index contributed by atoms with van der Waals surface area (Å²) in [5, 5.41) is 0. The Hall–Kier alpha value is -4.18. The maximum Gasteiger partial charge on any atom is 0.173 e. The molecule has 0 N–H and O–H groups in total. The largest absolute Gasteiger partial charge is 0.377 e. The van der Waals surface area contributed by atoms with E-state index >= 15 is 0 Å². The molecule has 0 aliphatic carbocycles. The molecule has 36 heavy (non-hydrogen) atoms. The molecule has 0 bridgehead atoms. The molecule has 2 aromatic carbocycles. The van der Waals surface area contributed by atoms with Gasteiger partial charge in [0.05, 0.1) is 0 Å². The van der Waals surface area contributed by atoms with Gasteiger partial charge in [-0.2, -0.15) is 24.3 Å². The van der Waals surface area contributed by atoms with Crippen molar-refractivity contribution in [3.8, 4) is 0 Å². The first-order valence-electron chi connectivity index (χ1n) is 12.2. The van der Waals surface area contributed by atoms with Gasteiger partial charge in [-0.15, -0.1) is 11.6 Å². The molecule has 0 unspecified atom stereocenters. The Morgan fingerprint density at radius 1 is 0.611 bits per heavy atom. The van der Waals surface area contributed by atoms with Crippen molar-refractivity contribution in [1.29, 1.82) is 0 Å². The van der Waals surface area contributed by atoms with Crippen LogP contribution in [0.5, 0.6) is 0 Å². The molecule has 0 amide bonds. The molecule has 0 saturated carbocycles. The zero-order valence-electron chi connectivity index (χ0n) is 21.7. The minimum absolute atomic E-state index is 0.813. The molecule has 0 atom stereocenters. The molecular weight excluding hydrogens is 440 g/mol. The summed E-state index contributed by atoms with van der Waals surface area (Å²) >= 11 is 0. The van der Waals surface area contributed by atoms with Crippen LogP contribution in [0.2, 0.25) is 0 Å². The van der Waals surface area contributed by atoms with Crippen LogP contribution in [0.25, 0.3) is 12.2 Å². The van der Waals surface area contributed by atoms with Crippen molar-refractivity contribution in [3.63, 3.8) is 0 Å². The molecule has 182 valence electrons. The molecule has 0 aliphatic heterocycles. The topological polar surface area (TPSA) is 14.2 Å².